The number of hydrogen-bond acceptors (Lipinski definition) is 3. The largest absolute Gasteiger partial charge is 0.488 e. The molecule has 0 radical (unpaired) electrons. The summed E-state index contributed by atoms with van der Waals surface area (Å²) in [6.07, 6.45) is 0.738. The summed E-state index contributed by atoms with van der Waals surface area (Å²) in [5, 5.41) is 0. The highest BCUT2D eigenvalue weighted by atomic mass is 19.1. The zero-order valence-electron chi connectivity index (χ0n) is 12.8. The maximum Gasteiger partial charge on any atom is 0.153 e. The molecule has 0 aromatic heterocycles. The number of hydrogen-bond donors (Lipinski definition) is 0. The van der Waals surface area contributed by atoms with E-state index in [0.29, 0.717) is 29.4 Å². The fraction of sp³-hybridized carbons (Fsp3) is 0.0500. The number of rotatable bonds is 6. The zero-order valence-corrected chi connectivity index (χ0v) is 12.8. The molecule has 3 aromatic rings. The molecule has 0 saturated carbocycles. The van der Waals surface area contributed by atoms with E-state index in [-0.39, 0.29) is 5.82 Å². The second kappa shape index (κ2) is 7.42. The van der Waals surface area contributed by atoms with Gasteiger partial charge in [-0.3, -0.25) is 4.79 Å². The molecule has 0 aliphatic heterocycles. The fourth-order valence-corrected chi connectivity index (χ4v) is 2.17. The van der Waals surface area contributed by atoms with Crippen LogP contribution in [0, 0.1) is 5.82 Å². The number of halogens is 1. The Morgan fingerprint density at radius 3 is 2.29 bits per heavy atom. The molecule has 0 heterocycles. The highest BCUT2D eigenvalue weighted by Crippen LogP contribution is 2.28. The van der Waals surface area contributed by atoms with Gasteiger partial charge in [-0.2, -0.15) is 0 Å². The van der Waals surface area contributed by atoms with Crippen LogP contribution in [0.5, 0.6) is 17.2 Å². The molecule has 0 aliphatic rings. The van der Waals surface area contributed by atoms with Crippen molar-refractivity contribution in [3.05, 3.63) is 89.7 Å². The minimum atomic E-state index is -0.328. The van der Waals surface area contributed by atoms with Crippen LogP contribution >= 0.6 is 0 Å². The summed E-state index contributed by atoms with van der Waals surface area (Å²) in [4.78, 5) is 11.2. The van der Waals surface area contributed by atoms with Crippen LogP contribution in [0.2, 0.25) is 0 Å². The van der Waals surface area contributed by atoms with Crippen LogP contribution in [0.1, 0.15) is 15.9 Å². The first-order chi connectivity index (χ1) is 11.7. The van der Waals surface area contributed by atoms with Gasteiger partial charge in [0, 0.05) is 6.07 Å². The lowest BCUT2D eigenvalue weighted by Gasteiger charge is -2.11. The molecule has 0 aliphatic carbocycles. The first kappa shape index (κ1) is 15.7. The van der Waals surface area contributed by atoms with E-state index in [9.17, 15) is 9.18 Å². The maximum absolute atomic E-state index is 12.9. The average Bonchev–Trinajstić information content (AvgIpc) is 2.63. The van der Waals surface area contributed by atoms with Gasteiger partial charge in [0.05, 0.1) is 5.56 Å². The molecule has 3 aromatic carbocycles. The van der Waals surface area contributed by atoms with Gasteiger partial charge in [-0.1, -0.05) is 30.3 Å². The first-order valence-electron chi connectivity index (χ1n) is 7.44. The Morgan fingerprint density at radius 2 is 1.58 bits per heavy atom. The Labute approximate surface area is 139 Å². The van der Waals surface area contributed by atoms with Gasteiger partial charge in [-0.25, -0.2) is 4.39 Å². The highest BCUT2D eigenvalue weighted by Gasteiger charge is 2.07. The zero-order chi connectivity index (χ0) is 16.8. The predicted molar refractivity (Wildman–Crippen MR) is 89.1 cm³/mol. The summed E-state index contributed by atoms with van der Waals surface area (Å²) in [6.45, 7) is 0.349. The van der Waals surface area contributed by atoms with Crippen molar-refractivity contribution in [2.45, 2.75) is 6.61 Å². The molecule has 120 valence electrons. The van der Waals surface area contributed by atoms with Gasteiger partial charge in [-0.05, 0) is 42.0 Å². The van der Waals surface area contributed by atoms with Crippen LogP contribution in [0.25, 0.3) is 0 Å². The quantitative estimate of drug-likeness (QED) is 0.598. The van der Waals surface area contributed by atoms with Crippen LogP contribution in [0.15, 0.2) is 72.8 Å². The lowest BCUT2D eigenvalue weighted by Crippen LogP contribution is -1.98. The van der Waals surface area contributed by atoms with E-state index < -0.39 is 0 Å². The Hall–Kier alpha value is -3.14. The summed E-state index contributed by atoms with van der Waals surface area (Å²) < 4.78 is 24.3. The number of benzene rings is 3. The van der Waals surface area contributed by atoms with Gasteiger partial charge < -0.3 is 9.47 Å². The smallest absolute Gasteiger partial charge is 0.153 e. The van der Waals surface area contributed by atoms with Gasteiger partial charge in [0.1, 0.15) is 29.7 Å². The van der Waals surface area contributed by atoms with E-state index in [0.717, 1.165) is 11.8 Å². The lowest BCUT2D eigenvalue weighted by molar-refractivity contribution is 0.111. The number of aldehydes is 1. The third-order valence-corrected chi connectivity index (χ3v) is 3.40. The summed E-state index contributed by atoms with van der Waals surface area (Å²) in [7, 11) is 0. The van der Waals surface area contributed by atoms with Crippen molar-refractivity contribution in [3.8, 4) is 17.2 Å². The third kappa shape index (κ3) is 3.98. The second-order valence-electron chi connectivity index (χ2n) is 5.15. The molecule has 0 bridgehead atoms. The minimum absolute atomic E-state index is 0.328. The molecule has 0 atom stereocenters. The van der Waals surface area contributed by atoms with Crippen molar-refractivity contribution in [2.24, 2.45) is 0 Å². The minimum Gasteiger partial charge on any atom is -0.488 e. The molecule has 0 amide bonds. The van der Waals surface area contributed by atoms with Crippen molar-refractivity contribution in [1.82, 2.24) is 0 Å². The lowest BCUT2D eigenvalue weighted by atomic mass is 10.2. The molecule has 0 spiro atoms. The molecule has 24 heavy (non-hydrogen) atoms. The highest BCUT2D eigenvalue weighted by molar-refractivity contribution is 5.79. The first-order valence-corrected chi connectivity index (χ1v) is 7.44. The molecule has 3 nitrogen and oxygen atoms in total. The molecule has 4 heteroatoms. The summed E-state index contributed by atoms with van der Waals surface area (Å²) in [5.74, 6) is 1.12. The number of carbonyl (C=O) groups excluding carboxylic acids is 1. The number of carbonyl (C=O) groups is 1. The van der Waals surface area contributed by atoms with Gasteiger partial charge >= 0.3 is 0 Å². The van der Waals surface area contributed by atoms with E-state index in [4.69, 9.17) is 9.47 Å². The standard InChI is InChI=1S/C20H15FO3/c21-17-7-10-18(11-8-17)24-19-9-6-16(13-22)20(12-19)23-14-15-4-2-1-3-5-15/h1-13H,14H2. The average molecular weight is 322 g/mol. The second-order valence-corrected chi connectivity index (χ2v) is 5.15. The Morgan fingerprint density at radius 1 is 0.875 bits per heavy atom. The molecule has 0 fully saturated rings. The van der Waals surface area contributed by atoms with E-state index >= 15 is 0 Å². The Kier molecular flexibility index (Phi) is 4.87. The van der Waals surface area contributed by atoms with E-state index in [1.165, 1.54) is 24.3 Å². The van der Waals surface area contributed by atoms with Gasteiger partial charge in [-0.15, -0.1) is 0 Å². The van der Waals surface area contributed by atoms with Gasteiger partial charge in [0.25, 0.3) is 0 Å². The fourth-order valence-electron chi connectivity index (χ4n) is 2.17. The predicted octanol–water partition coefficient (Wildman–Crippen LogP) is 5.01. The summed E-state index contributed by atoms with van der Waals surface area (Å²) >= 11 is 0. The topological polar surface area (TPSA) is 35.5 Å². The molecule has 0 unspecified atom stereocenters. The molecular weight excluding hydrogens is 307 g/mol. The molecule has 3 rings (SSSR count). The van der Waals surface area contributed by atoms with Gasteiger partial charge in [0.15, 0.2) is 6.29 Å². The monoisotopic (exact) mass is 322 g/mol. The van der Waals surface area contributed by atoms with Crippen LogP contribution in [-0.2, 0) is 6.61 Å². The Balaban J connectivity index is 1.77. The van der Waals surface area contributed by atoms with E-state index in [2.05, 4.69) is 0 Å². The van der Waals surface area contributed by atoms with Crippen LogP contribution in [0.3, 0.4) is 0 Å². The molecule has 0 N–H and O–H groups in total. The summed E-state index contributed by atoms with van der Waals surface area (Å²) in [5.41, 5.74) is 1.44. The molecular formula is C20H15FO3. The van der Waals surface area contributed by atoms with E-state index in [1.54, 1.807) is 18.2 Å². The van der Waals surface area contributed by atoms with Crippen molar-refractivity contribution >= 4 is 6.29 Å². The third-order valence-electron chi connectivity index (χ3n) is 3.40. The SMILES string of the molecule is O=Cc1ccc(Oc2ccc(F)cc2)cc1OCc1ccccc1. The van der Waals surface area contributed by atoms with Crippen molar-refractivity contribution in [1.29, 1.82) is 0 Å². The number of ether oxygens (including phenoxy) is 2. The van der Waals surface area contributed by atoms with Crippen LogP contribution in [-0.4, -0.2) is 6.29 Å². The molecule has 0 saturated heterocycles. The van der Waals surface area contributed by atoms with Crippen molar-refractivity contribution in [2.75, 3.05) is 0 Å². The maximum atomic E-state index is 12.9. The van der Waals surface area contributed by atoms with Crippen LogP contribution in [0.4, 0.5) is 4.39 Å². The normalized spacial score (nSPS) is 10.2. The Bertz CT molecular complexity index is 814. The van der Waals surface area contributed by atoms with E-state index in [1.807, 2.05) is 30.3 Å². The summed E-state index contributed by atoms with van der Waals surface area (Å²) in [6, 6.07) is 20.3. The van der Waals surface area contributed by atoms with Crippen molar-refractivity contribution < 1.29 is 18.7 Å². The van der Waals surface area contributed by atoms with Gasteiger partial charge in [0.2, 0.25) is 0 Å². The van der Waals surface area contributed by atoms with Crippen LogP contribution < -0.4 is 9.47 Å². The van der Waals surface area contributed by atoms with Crippen molar-refractivity contribution in [3.63, 3.8) is 0 Å².